The van der Waals surface area contributed by atoms with Gasteiger partial charge in [-0.3, -0.25) is 14.1 Å². The second kappa shape index (κ2) is 5.51. The quantitative estimate of drug-likeness (QED) is 0.299. The van der Waals surface area contributed by atoms with Crippen LogP contribution in [0.5, 0.6) is 0 Å². The number of hydrogen-bond donors (Lipinski definition) is 3. The van der Waals surface area contributed by atoms with E-state index in [0.717, 1.165) is 0 Å². The molecule has 28 heavy (non-hydrogen) atoms. The number of para-hydroxylation sites is 2. The molecule has 0 bridgehead atoms. The highest BCUT2D eigenvalue weighted by atomic mass is 32.2. The fourth-order valence-corrected chi connectivity index (χ4v) is 4.28. The molecular formula is C20H12N2O5S. The molecule has 138 valence electrons. The number of H-pyrrole nitrogens is 2. The Kier molecular flexibility index (Phi) is 3.28. The second-order valence-electron chi connectivity index (χ2n) is 6.55. The SMILES string of the molecule is O=c1c2ccccc2[nH]c2cc3c(=O)c4cccc(S(=O)(=O)O)c4[nH]c3cc12. The number of nitrogens with one attached hydrogen (secondary N) is 2. The van der Waals surface area contributed by atoms with E-state index < -0.39 is 20.4 Å². The lowest BCUT2D eigenvalue weighted by molar-refractivity contribution is 0.484. The van der Waals surface area contributed by atoms with E-state index in [1.54, 1.807) is 24.3 Å². The zero-order valence-electron chi connectivity index (χ0n) is 14.2. The van der Waals surface area contributed by atoms with Crippen LogP contribution >= 0.6 is 0 Å². The van der Waals surface area contributed by atoms with Crippen LogP contribution in [-0.4, -0.2) is 22.9 Å². The highest BCUT2D eigenvalue weighted by molar-refractivity contribution is 7.86. The average Bonchev–Trinajstić information content (AvgIpc) is 2.67. The van der Waals surface area contributed by atoms with Crippen molar-refractivity contribution < 1.29 is 13.0 Å². The third kappa shape index (κ3) is 2.29. The molecule has 0 aliphatic rings. The van der Waals surface area contributed by atoms with Crippen molar-refractivity contribution in [3.8, 4) is 0 Å². The van der Waals surface area contributed by atoms with Gasteiger partial charge in [0.15, 0.2) is 10.9 Å². The Morgan fingerprint density at radius 2 is 1.29 bits per heavy atom. The topological polar surface area (TPSA) is 120 Å². The maximum absolute atomic E-state index is 13.0. The molecule has 0 saturated carbocycles. The summed E-state index contributed by atoms with van der Waals surface area (Å²) in [6.07, 6.45) is 0. The molecule has 5 rings (SSSR count). The van der Waals surface area contributed by atoms with Crippen LogP contribution in [0.1, 0.15) is 0 Å². The Hall–Kier alpha value is -3.49. The van der Waals surface area contributed by atoms with E-state index in [1.165, 1.54) is 24.3 Å². The summed E-state index contributed by atoms with van der Waals surface area (Å²) in [5, 5.41) is 1.31. The van der Waals surface area contributed by atoms with Gasteiger partial charge in [0, 0.05) is 27.1 Å². The van der Waals surface area contributed by atoms with Crippen molar-refractivity contribution in [3.63, 3.8) is 0 Å². The minimum Gasteiger partial charge on any atom is -0.354 e. The van der Waals surface area contributed by atoms with Crippen LogP contribution in [0.25, 0.3) is 43.6 Å². The van der Waals surface area contributed by atoms with Crippen LogP contribution in [0.4, 0.5) is 0 Å². The first kappa shape index (κ1) is 16.7. The van der Waals surface area contributed by atoms with Crippen molar-refractivity contribution in [2.75, 3.05) is 0 Å². The maximum Gasteiger partial charge on any atom is 0.296 e. The monoisotopic (exact) mass is 392 g/mol. The van der Waals surface area contributed by atoms with Gasteiger partial charge < -0.3 is 9.97 Å². The number of benzene rings is 3. The summed E-state index contributed by atoms with van der Waals surface area (Å²) in [6.45, 7) is 0. The molecule has 2 aromatic heterocycles. The number of aromatic nitrogens is 2. The first-order valence-electron chi connectivity index (χ1n) is 8.35. The fraction of sp³-hybridized carbons (Fsp3) is 0. The lowest BCUT2D eigenvalue weighted by Crippen LogP contribution is -2.10. The van der Waals surface area contributed by atoms with Crippen molar-refractivity contribution in [1.82, 2.24) is 9.97 Å². The molecule has 0 amide bonds. The average molecular weight is 392 g/mol. The van der Waals surface area contributed by atoms with E-state index in [4.69, 9.17) is 0 Å². The predicted octanol–water partition coefficient (Wildman–Crippen LogP) is 2.92. The molecule has 5 aromatic rings. The van der Waals surface area contributed by atoms with Crippen molar-refractivity contribution in [1.29, 1.82) is 0 Å². The molecule has 3 aromatic carbocycles. The summed E-state index contributed by atoms with van der Waals surface area (Å²) in [6, 6.07) is 14.2. The van der Waals surface area contributed by atoms with Crippen molar-refractivity contribution in [2.45, 2.75) is 4.90 Å². The van der Waals surface area contributed by atoms with Crippen LogP contribution in [0, 0.1) is 0 Å². The first-order valence-corrected chi connectivity index (χ1v) is 9.79. The molecule has 0 spiro atoms. The summed E-state index contributed by atoms with van der Waals surface area (Å²) in [5.41, 5.74) is 0.874. The lowest BCUT2D eigenvalue weighted by atomic mass is 10.1. The predicted molar refractivity (Wildman–Crippen MR) is 108 cm³/mol. The summed E-state index contributed by atoms with van der Waals surface area (Å²) < 4.78 is 32.9. The maximum atomic E-state index is 13.0. The van der Waals surface area contributed by atoms with E-state index in [9.17, 15) is 22.6 Å². The molecule has 7 nitrogen and oxygen atoms in total. The van der Waals surface area contributed by atoms with Gasteiger partial charge >= 0.3 is 0 Å². The van der Waals surface area contributed by atoms with Gasteiger partial charge in [0.05, 0.1) is 16.6 Å². The highest BCUT2D eigenvalue weighted by Crippen LogP contribution is 2.24. The molecule has 0 unspecified atom stereocenters. The fourth-order valence-electron chi connectivity index (χ4n) is 3.61. The molecular weight excluding hydrogens is 380 g/mol. The van der Waals surface area contributed by atoms with Gasteiger partial charge in [-0.05, 0) is 36.4 Å². The molecule has 0 radical (unpaired) electrons. The number of pyridine rings is 2. The van der Waals surface area contributed by atoms with E-state index in [-0.39, 0.29) is 16.3 Å². The van der Waals surface area contributed by atoms with Crippen LogP contribution in [0.2, 0.25) is 0 Å². The minimum atomic E-state index is -4.53. The standard InChI is InChI=1S/C20H12N2O5S/c23-19-10-4-1-2-6-14(10)21-15-8-13-16(9-12(15)19)22-18-11(20(13)24)5-3-7-17(18)28(25,26)27/h1-9H,(H,21,23)(H,22,24)(H,25,26,27). The van der Waals surface area contributed by atoms with E-state index in [1.807, 2.05) is 6.07 Å². The van der Waals surface area contributed by atoms with Gasteiger partial charge in [0.25, 0.3) is 10.1 Å². The number of rotatable bonds is 1. The number of aromatic amines is 2. The molecule has 0 saturated heterocycles. The third-order valence-corrected chi connectivity index (χ3v) is 5.79. The summed E-state index contributed by atoms with van der Waals surface area (Å²) in [5.74, 6) is 0. The van der Waals surface area contributed by atoms with Crippen LogP contribution < -0.4 is 10.9 Å². The number of fused-ring (bicyclic) bond motifs is 4. The molecule has 3 N–H and O–H groups in total. The molecule has 0 atom stereocenters. The van der Waals surface area contributed by atoms with Crippen molar-refractivity contribution in [2.24, 2.45) is 0 Å². The molecule has 8 heteroatoms. The van der Waals surface area contributed by atoms with E-state index in [2.05, 4.69) is 9.97 Å². The normalized spacial score (nSPS) is 12.3. The highest BCUT2D eigenvalue weighted by Gasteiger charge is 2.17. The summed E-state index contributed by atoms with van der Waals surface area (Å²) in [7, 11) is -4.53. The van der Waals surface area contributed by atoms with Crippen LogP contribution in [-0.2, 0) is 10.1 Å². The molecule has 0 aliphatic heterocycles. The van der Waals surface area contributed by atoms with Crippen molar-refractivity contribution >= 4 is 53.7 Å². The van der Waals surface area contributed by atoms with Gasteiger partial charge in [-0.25, -0.2) is 0 Å². The van der Waals surface area contributed by atoms with Crippen LogP contribution in [0.3, 0.4) is 0 Å². The minimum absolute atomic E-state index is 0.000863. The zero-order chi connectivity index (χ0) is 19.6. The zero-order valence-corrected chi connectivity index (χ0v) is 15.0. The Bertz CT molecular complexity index is 1680. The van der Waals surface area contributed by atoms with Gasteiger partial charge in [-0.1, -0.05) is 18.2 Å². The Balaban J connectivity index is 2.02. The van der Waals surface area contributed by atoms with E-state index >= 15 is 0 Å². The van der Waals surface area contributed by atoms with Crippen LogP contribution in [0.15, 0.2) is 69.1 Å². The van der Waals surface area contributed by atoms with E-state index in [0.29, 0.717) is 32.7 Å². The third-order valence-electron chi connectivity index (χ3n) is 4.90. The van der Waals surface area contributed by atoms with Gasteiger partial charge in [0.1, 0.15) is 4.90 Å². The number of hydrogen-bond acceptors (Lipinski definition) is 4. The van der Waals surface area contributed by atoms with Crippen molar-refractivity contribution in [3.05, 3.63) is 75.0 Å². The molecule has 0 aliphatic carbocycles. The van der Waals surface area contributed by atoms with Gasteiger partial charge in [-0.15, -0.1) is 0 Å². The summed E-state index contributed by atoms with van der Waals surface area (Å²) in [4.78, 5) is 31.5. The van der Waals surface area contributed by atoms with Gasteiger partial charge in [-0.2, -0.15) is 8.42 Å². The Labute approximate surface area is 157 Å². The largest absolute Gasteiger partial charge is 0.354 e. The second-order valence-corrected chi connectivity index (χ2v) is 7.94. The first-order chi connectivity index (χ1) is 13.3. The molecule has 2 heterocycles. The Morgan fingerprint density at radius 3 is 2.00 bits per heavy atom. The smallest absolute Gasteiger partial charge is 0.296 e. The van der Waals surface area contributed by atoms with Gasteiger partial charge in [0.2, 0.25) is 0 Å². The Morgan fingerprint density at radius 1 is 0.679 bits per heavy atom. The summed E-state index contributed by atoms with van der Waals surface area (Å²) >= 11 is 0. The molecule has 0 fully saturated rings. The lowest BCUT2D eigenvalue weighted by Gasteiger charge is -2.08.